The van der Waals surface area contributed by atoms with E-state index in [1.165, 1.54) is 0 Å². The van der Waals surface area contributed by atoms with Crippen molar-refractivity contribution in [3.05, 3.63) is 34.9 Å². The molecule has 0 saturated carbocycles. The Kier molecular flexibility index (Phi) is 3.48. The Labute approximate surface area is 101 Å². The maximum atomic E-state index is 14.1. The van der Waals surface area contributed by atoms with E-state index in [9.17, 15) is 8.78 Å². The summed E-state index contributed by atoms with van der Waals surface area (Å²) in [6.45, 7) is 4.55. The highest BCUT2D eigenvalue weighted by Gasteiger charge is 2.37. The van der Waals surface area contributed by atoms with Gasteiger partial charge in [-0.15, -0.1) is 0 Å². The molecule has 1 saturated heterocycles. The predicted molar refractivity (Wildman–Crippen MR) is 64.9 cm³/mol. The SMILES string of the molecule is CCCC1(c2ccc(C)c(F)c2F)CCCN1. The summed E-state index contributed by atoms with van der Waals surface area (Å²) in [7, 11) is 0. The fourth-order valence-corrected chi connectivity index (χ4v) is 2.83. The largest absolute Gasteiger partial charge is 0.307 e. The predicted octanol–water partition coefficient (Wildman–Crippen LogP) is 3.65. The average molecular weight is 239 g/mol. The summed E-state index contributed by atoms with van der Waals surface area (Å²) >= 11 is 0. The third-order valence-electron chi connectivity index (χ3n) is 3.71. The second-order valence-corrected chi connectivity index (χ2v) is 4.92. The average Bonchev–Trinajstić information content (AvgIpc) is 2.76. The molecule has 1 nitrogen and oxygen atoms in total. The van der Waals surface area contributed by atoms with Gasteiger partial charge in [0.2, 0.25) is 0 Å². The highest BCUT2D eigenvalue weighted by atomic mass is 19.2. The van der Waals surface area contributed by atoms with E-state index in [1.807, 2.05) is 0 Å². The van der Waals surface area contributed by atoms with Crippen LogP contribution in [0.3, 0.4) is 0 Å². The van der Waals surface area contributed by atoms with Gasteiger partial charge in [0.1, 0.15) is 0 Å². The van der Waals surface area contributed by atoms with Crippen molar-refractivity contribution in [2.24, 2.45) is 0 Å². The van der Waals surface area contributed by atoms with Crippen molar-refractivity contribution in [3.8, 4) is 0 Å². The Morgan fingerprint density at radius 1 is 1.29 bits per heavy atom. The Balaban J connectivity index is 2.47. The highest BCUT2D eigenvalue weighted by Crippen LogP contribution is 2.37. The highest BCUT2D eigenvalue weighted by molar-refractivity contribution is 5.32. The molecule has 0 bridgehead atoms. The molecule has 1 aromatic rings. The first kappa shape index (κ1) is 12.5. The molecule has 0 aromatic heterocycles. The molecule has 1 aliphatic rings. The molecule has 1 aromatic carbocycles. The van der Waals surface area contributed by atoms with E-state index in [0.717, 1.165) is 32.2 Å². The third-order valence-corrected chi connectivity index (χ3v) is 3.71. The number of aryl methyl sites for hydroxylation is 1. The summed E-state index contributed by atoms with van der Waals surface area (Å²) < 4.78 is 27.7. The molecule has 94 valence electrons. The van der Waals surface area contributed by atoms with E-state index in [1.54, 1.807) is 19.1 Å². The first-order chi connectivity index (χ1) is 8.10. The lowest BCUT2D eigenvalue weighted by Gasteiger charge is -2.30. The summed E-state index contributed by atoms with van der Waals surface area (Å²) in [4.78, 5) is 0. The number of hydrogen-bond acceptors (Lipinski definition) is 1. The molecule has 1 heterocycles. The molecule has 0 aliphatic carbocycles. The Morgan fingerprint density at radius 2 is 2.06 bits per heavy atom. The molecule has 0 radical (unpaired) electrons. The van der Waals surface area contributed by atoms with Crippen LogP contribution in [-0.2, 0) is 5.54 Å². The number of rotatable bonds is 3. The van der Waals surface area contributed by atoms with Gasteiger partial charge in [0.25, 0.3) is 0 Å². The standard InChI is InChI=1S/C14H19F2N/c1-3-7-14(8-4-9-17-14)11-6-5-10(2)12(15)13(11)16/h5-6,17H,3-4,7-9H2,1-2H3. The Hall–Kier alpha value is -0.960. The second kappa shape index (κ2) is 4.73. The van der Waals surface area contributed by atoms with Crippen molar-refractivity contribution < 1.29 is 8.78 Å². The molecule has 0 spiro atoms. The summed E-state index contributed by atoms with van der Waals surface area (Å²) in [5, 5.41) is 3.37. The van der Waals surface area contributed by atoms with Crippen LogP contribution in [0.1, 0.15) is 43.7 Å². The van der Waals surface area contributed by atoms with Gasteiger partial charge in [-0.3, -0.25) is 0 Å². The Morgan fingerprint density at radius 3 is 2.65 bits per heavy atom. The van der Waals surface area contributed by atoms with E-state index in [2.05, 4.69) is 12.2 Å². The van der Waals surface area contributed by atoms with Crippen molar-refractivity contribution in [1.82, 2.24) is 5.32 Å². The van der Waals surface area contributed by atoms with Crippen molar-refractivity contribution in [3.63, 3.8) is 0 Å². The molecular formula is C14H19F2N. The van der Waals surface area contributed by atoms with E-state index < -0.39 is 11.6 Å². The molecule has 17 heavy (non-hydrogen) atoms. The lowest BCUT2D eigenvalue weighted by atomic mass is 9.83. The fourth-order valence-electron chi connectivity index (χ4n) is 2.83. The minimum atomic E-state index is -0.702. The van der Waals surface area contributed by atoms with Gasteiger partial charge >= 0.3 is 0 Å². The van der Waals surface area contributed by atoms with Crippen molar-refractivity contribution >= 4 is 0 Å². The molecule has 1 unspecified atom stereocenters. The third kappa shape index (κ3) is 2.08. The van der Waals surface area contributed by atoms with Crippen molar-refractivity contribution in [2.75, 3.05) is 6.54 Å². The van der Waals surface area contributed by atoms with Gasteiger partial charge in [-0.05, 0) is 38.3 Å². The zero-order valence-corrected chi connectivity index (χ0v) is 10.4. The topological polar surface area (TPSA) is 12.0 Å². The van der Waals surface area contributed by atoms with Crippen LogP contribution in [0.25, 0.3) is 0 Å². The Bertz CT molecular complexity index is 409. The molecule has 2 rings (SSSR count). The molecule has 1 N–H and O–H groups in total. The molecule has 3 heteroatoms. The smallest absolute Gasteiger partial charge is 0.164 e. The minimum absolute atomic E-state index is 0.354. The summed E-state index contributed by atoms with van der Waals surface area (Å²) in [6.07, 6.45) is 3.73. The van der Waals surface area contributed by atoms with Gasteiger partial charge in [-0.25, -0.2) is 8.78 Å². The maximum absolute atomic E-state index is 14.1. The lowest BCUT2D eigenvalue weighted by Crippen LogP contribution is -2.37. The zero-order chi connectivity index (χ0) is 12.5. The van der Waals surface area contributed by atoms with E-state index in [0.29, 0.717) is 11.1 Å². The summed E-state index contributed by atoms with van der Waals surface area (Å²) in [6, 6.07) is 3.41. The number of benzene rings is 1. The molecule has 1 atom stereocenters. The van der Waals surface area contributed by atoms with Gasteiger partial charge in [-0.1, -0.05) is 25.5 Å². The van der Waals surface area contributed by atoms with E-state index in [4.69, 9.17) is 0 Å². The summed E-state index contributed by atoms with van der Waals surface area (Å²) in [5.74, 6) is -1.38. The normalized spacial score (nSPS) is 24.2. The van der Waals surface area contributed by atoms with Crippen LogP contribution in [0.5, 0.6) is 0 Å². The fraction of sp³-hybridized carbons (Fsp3) is 0.571. The molecule has 0 amide bonds. The maximum Gasteiger partial charge on any atom is 0.164 e. The quantitative estimate of drug-likeness (QED) is 0.849. The van der Waals surface area contributed by atoms with Crippen molar-refractivity contribution in [2.45, 2.75) is 45.1 Å². The van der Waals surface area contributed by atoms with Crippen molar-refractivity contribution in [1.29, 1.82) is 0 Å². The van der Waals surface area contributed by atoms with E-state index in [-0.39, 0.29) is 5.54 Å². The van der Waals surface area contributed by atoms with Gasteiger partial charge in [0, 0.05) is 11.1 Å². The second-order valence-electron chi connectivity index (χ2n) is 4.92. The number of hydrogen-bond donors (Lipinski definition) is 1. The van der Waals surface area contributed by atoms with Crippen LogP contribution in [0.2, 0.25) is 0 Å². The summed E-state index contributed by atoms with van der Waals surface area (Å²) in [5.41, 5.74) is 0.517. The van der Waals surface area contributed by atoms with Crippen LogP contribution in [0, 0.1) is 18.6 Å². The van der Waals surface area contributed by atoms with E-state index >= 15 is 0 Å². The van der Waals surface area contributed by atoms with Gasteiger partial charge in [0.05, 0.1) is 0 Å². The number of halogens is 2. The van der Waals surface area contributed by atoms with Crippen LogP contribution in [0.15, 0.2) is 12.1 Å². The lowest BCUT2D eigenvalue weighted by molar-refractivity contribution is 0.333. The monoisotopic (exact) mass is 239 g/mol. The van der Waals surface area contributed by atoms with Gasteiger partial charge in [-0.2, -0.15) is 0 Å². The van der Waals surface area contributed by atoms with Gasteiger partial charge in [0.15, 0.2) is 11.6 Å². The first-order valence-corrected chi connectivity index (χ1v) is 6.31. The molecular weight excluding hydrogens is 220 g/mol. The zero-order valence-electron chi connectivity index (χ0n) is 10.4. The van der Waals surface area contributed by atoms with Crippen LogP contribution in [-0.4, -0.2) is 6.54 Å². The first-order valence-electron chi connectivity index (χ1n) is 6.31. The van der Waals surface area contributed by atoms with Gasteiger partial charge < -0.3 is 5.32 Å². The van der Waals surface area contributed by atoms with Crippen LogP contribution >= 0.6 is 0 Å². The number of nitrogens with one attached hydrogen (secondary N) is 1. The minimum Gasteiger partial charge on any atom is -0.307 e. The molecule has 1 aliphatic heterocycles. The van der Waals surface area contributed by atoms with Crippen LogP contribution in [0.4, 0.5) is 8.78 Å². The molecule has 1 fully saturated rings. The van der Waals surface area contributed by atoms with Crippen LogP contribution < -0.4 is 5.32 Å².